The summed E-state index contributed by atoms with van der Waals surface area (Å²) < 4.78 is 39.0. The van der Waals surface area contributed by atoms with Gasteiger partial charge >= 0.3 is 18.5 Å². The Morgan fingerprint density at radius 1 is 1.12 bits per heavy atom. The molecule has 1 aliphatic rings. The van der Waals surface area contributed by atoms with Crippen LogP contribution in [-0.4, -0.2) is 58.0 Å². The Morgan fingerprint density at radius 3 is 1.75 bits per heavy atom. The SMILES string of the molecule is O=C(O)N1CC(OC(F)(F)F)CN1C(=O)O. The molecule has 2 N–H and O–H groups in total. The molecule has 2 amide bonds. The topological polar surface area (TPSA) is 90.3 Å². The maximum absolute atomic E-state index is 11.8. The zero-order valence-corrected chi connectivity index (χ0v) is 7.64. The molecular formula is C6H7F3N2O5. The lowest BCUT2D eigenvalue weighted by Crippen LogP contribution is -2.43. The van der Waals surface area contributed by atoms with E-state index in [9.17, 15) is 22.8 Å². The van der Waals surface area contributed by atoms with E-state index in [4.69, 9.17) is 10.2 Å². The van der Waals surface area contributed by atoms with Gasteiger partial charge in [-0.05, 0) is 0 Å². The second-order valence-corrected chi connectivity index (χ2v) is 2.91. The van der Waals surface area contributed by atoms with Crippen molar-refractivity contribution in [2.24, 2.45) is 0 Å². The van der Waals surface area contributed by atoms with Crippen LogP contribution in [0.4, 0.5) is 22.8 Å². The van der Waals surface area contributed by atoms with Gasteiger partial charge < -0.3 is 10.2 Å². The average Bonchev–Trinajstić information content (AvgIpc) is 2.44. The summed E-state index contributed by atoms with van der Waals surface area (Å²) in [4.78, 5) is 21.0. The number of alkyl halides is 3. The largest absolute Gasteiger partial charge is 0.522 e. The minimum absolute atomic E-state index is 0.249. The molecule has 0 atom stereocenters. The molecule has 0 spiro atoms. The number of halogens is 3. The Morgan fingerprint density at radius 2 is 1.50 bits per heavy atom. The standard InChI is InChI=1S/C6H7F3N2O5/c7-6(8,9)16-3-1-10(4(12)13)11(2-3)5(14)15/h3H,1-2H2,(H,12,13)(H,14,15). The van der Waals surface area contributed by atoms with Crippen molar-refractivity contribution in [3.05, 3.63) is 0 Å². The molecule has 0 radical (unpaired) electrons. The minimum atomic E-state index is -4.93. The van der Waals surface area contributed by atoms with Crippen molar-refractivity contribution in [2.45, 2.75) is 12.5 Å². The van der Waals surface area contributed by atoms with Crippen LogP contribution in [0.15, 0.2) is 0 Å². The summed E-state index contributed by atoms with van der Waals surface area (Å²) in [6.45, 7) is -1.36. The molecule has 92 valence electrons. The Bertz CT molecular complexity index is 285. The molecule has 1 aliphatic heterocycles. The van der Waals surface area contributed by atoms with Gasteiger partial charge in [0.25, 0.3) is 0 Å². The van der Waals surface area contributed by atoms with E-state index in [0.29, 0.717) is 0 Å². The van der Waals surface area contributed by atoms with Crippen LogP contribution in [0.1, 0.15) is 0 Å². The molecule has 0 saturated carbocycles. The van der Waals surface area contributed by atoms with Gasteiger partial charge in [0.05, 0.1) is 13.1 Å². The van der Waals surface area contributed by atoms with Crippen LogP contribution >= 0.6 is 0 Å². The Balaban J connectivity index is 2.69. The number of carboxylic acid groups (broad SMARTS) is 2. The van der Waals surface area contributed by atoms with Gasteiger partial charge in [0.1, 0.15) is 6.10 Å². The van der Waals surface area contributed by atoms with Crippen LogP contribution < -0.4 is 0 Å². The van der Waals surface area contributed by atoms with E-state index in [-0.39, 0.29) is 10.0 Å². The summed E-state index contributed by atoms with van der Waals surface area (Å²) in [6, 6.07) is 0. The van der Waals surface area contributed by atoms with Crippen molar-refractivity contribution >= 4 is 12.2 Å². The second kappa shape index (κ2) is 4.04. The number of carbonyl (C=O) groups is 2. The molecule has 0 unspecified atom stereocenters. The second-order valence-electron chi connectivity index (χ2n) is 2.91. The van der Waals surface area contributed by atoms with Crippen LogP contribution in [0.5, 0.6) is 0 Å². The molecule has 0 aromatic carbocycles. The number of amides is 2. The third-order valence-electron chi connectivity index (χ3n) is 1.79. The average molecular weight is 244 g/mol. The summed E-state index contributed by atoms with van der Waals surface area (Å²) in [6.07, 6.45) is -9.79. The molecule has 1 heterocycles. The normalized spacial score (nSPS) is 17.9. The molecule has 1 rings (SSSR count). The first kappa shape index (κ1) is 12.4. The highest BCUT2D eigenvalue weighted by atomic mass is 19.4. The number of rotatable bonds is 1. The van der Waals surface area contributed by atoms with Gasteiger partial charge in [-0.2, -0.15) is 0 Å². The third kappa shape index (κ3) is 2.89. The summed E-state index contributed by atoms with van der Waals surface area (Å²) in [5.41, 5.74) is 0. The first-order chi connectivity index (χ1) is 7.20. The van der Waals surface area contributed by atoms with Gasteiger partial charge in [-0.25, -0.2) is 19.6 Å². The quantitative estimate of drug-likeness (QED) is 0.711. The monoisotopic (exact) mass is 244 g/mol. The van der Waals surface area contributed by atoms with Crippen molar-refractivity contribution < 1.29 is 37.7 Å². The van der Waals surface area contributed by atoms with Crippen LogP contribution in [0.2, 0.25) is 0 Å². The summed E-state index contributed by atoms with van der Waals surface area (Å²) in [7, 11) is 0. The smallest absolute Gasteiger partial charge is 0.464 e. The first-order valence-electron chi connectivity index (χ1n) is 3.96. The van der Waals surface area contributed by atoms with Crippen LogP contribution in [0.25, 0.3) is 0 Å². The fourth-order valence-electron chi connectivity index (χ4n) is 1.27. The number of hydrogen-bond acceptors (Lipinski definition) is 3. The lowest BCUT2D eigenvalue weighted by molar-refractivity contribution is -0.339. The fraction of sp³-hybridized carbons (Fsp3) is 0.667. The van der Waals surface area contributed by atoms with Gasteiger partial charge in [0, 0.05) is 0 Å². The maximum atomic E-state index is 11.8. The zero-order valence-electron chi connectivity index (χ0n) is 7.64. The molecule has 10 heteroatoms. The van der Waals surface area contributed by atoms with E-state index in [1.165, 1.54) is 0 Å². The molecule has 1 saturated heterocycles. The number of hydrogen-bond donors (Lipinski definition) is 2. The van der Waals surface area contributed by atoms with Gasteiger partial charge in [0.15, 0.2) is 0 Å². The summed E-state index contributed by atoms with van der Waals surface area (Å²) >= 11 is 0. The highest BCUT2D eigenvalue weighted by Gasteiger charge is 2.43. The van der Waals surface area contributed by atoms with Crippen molar-refractivity contribution in [3.63, 3.8) is 0 Å². The van der Waals surface area contributed by atoms with Crippen LogP contribution in [0, 0.1) is 0 Å². The van der Waals surface area contributed by atoms with Crippen molar-refractivity contribution in [1.82, 2.24) is 10.0 Å². The van der Waals surface area contributed by atoms with Crippen molar-refractivity contribution in [2.75, 3.05) is 13.1 Å². The summed E-state index contributed by atoms with van der Waals surface area (Å²) in [5, 5.41) is 17.6. The molecule has 16 heavy (non-hydrogen) atoms. The predicted molar refractivity (Wildman–Crippen MR) is 40.4 cm³/mol. The van der Waals surface area contributed by atoms with E-state index < -0.39 is 37.7 Å². The number of ether oxygens (including phenoxy) is 1. The maximum Gasteiger partial charge on any atom is 0.522 e. The first-order valence-corrected chi connectivity index (χ1v) is 3.96. The minimum Gasteiger partial charge on any atom is -0.464 e. The van der Waals surface area contributed by atoms with Gasteiger partial charge in [-0.15, -0.1) is 13.2 Å². The lowest BCUT2D eigenvalue weighted by atomic mass is 10.4. The van der Waals surface area contributed by atoms with Crippen LogP contribution in [0.3, 0.4) is 0 Å². The van der Waals surface area contributed by atoms with Gasteiger partial charge in [-0.3, -0.25) is 4.74 Å². The predicted octanol–water partition coefficient (Wildman–Crippen LogP) is 0.780. The molecule has 7 nitrogen and oxygen atoms in total. The van der Waals surface area contributed by atoms with Gasteiger partial charge in [-0.1, -0.05) is 0 Å². The molecule has 1 fully saturated rings. The van der Waals surface area contributed by atoms with E-state index >= 15 is 0 Å². The molecule has 0 bridgehead atoms. The number of hydrazine groups is 1. The number of nitrogens with zero attached hydrogens (tertiary/aromatic N) is 2. The van der Waals surface area contributed by atoms with E-state index in [0.717, 1.165) is 0 Å². The molecular weight excluding hydrogens is 237 g/mol. The van der Waals surface area contributed by atoms with Crippen LogP contribution in [-0.2, 0) is 4.74 Å². The van der Waals surface area contributed by atoms with Crippen molar-refractivity contribution in [1.29, 1.82) is 0 Å². The summed E-state index contributed by atoms with van der Waals surface area (Å²) in [5.74, 6) is 0. The Labute approximate surface area is 86.6 Å². The van der Waals surface area contributed by atoms with E-state index in [1.807, 2.05) is 0 Å². The molecule has 0 aromatic rings. The molecule has 0 aromatic heterocycles. The lowest BCUT2D eigenvalue weighted by Gasteiger charge is -2.20. The van der Waals surface area contributed by atoms with Gasteiger partial charge in [0.2, 0.25) is 0 Å². The molecule has 0 aliphatic carbocycles. The van der Waals surface area contributed by atoms with E-state index in [2.05, 4.69) is 4.74 Å². The highest BCUT2D eigenvalue weighted by molar-refractivity contribution is 5.72. The van der Waals surface area contributed by atoms with Crippen molar-refractivity contribution in [3.8, 4) is 0 Å². The Kier molecular flexibility index (Phi) is 3.12. The third-order valence-corrected chi connectivity index (χ3v) is 1.79. The van der Waals surface area contributed by atoms with E-state index in [1.54, 1.807) is 0 Å². The fourth-order valence-corrected chi connectivity index (χ4v) is 1.27. The zero-order chi connectivity index (χ0) is 12.5. The Hall–Kier alpha value is -1.71. The highest BCUT2D eigenvalue weighted by Crippen LogP contribution is 2.23.